The van der Waals surface area contributed by atoms with E-state index in [1.165, 1.54) is 25.7 Å². The number of nitrogens with one attached hydrogen (secondary N) is 1. The molecule has 1 aliphatic carbocycles. The fourth-order valence-electron chi connectivity index (χ4n) is 3.61. The molecule has 0 aliphatic heterocycles. The summed E-state index contributed by atoms with van der Waals surface area (Å²) < 4.78 is 13.6. The standard InChI is InChI=1S/C18H27ClFN/c1-3-13-5-7-15(12-21-4-2)16(9-13)10-14-6-8-17(19)18(20)11-14/h6,8,11,13,15-16,21H,3-5,7,9-10,12H2,1-2H3. The van der Waals surface area contributed by atoms with Crippen molar-refractivity contribution in [2.24, 2.45) is 17.8 Å². The van der Waals surface area contributed by atoms with E-state index in [1.807, 2.05) is 6.07 Å². The van der Waals surface area contributed by atoms with Gasteiger partial charge in [0.25, 0.3) is 0 Å². The summed E-state index contributed by atoms with van der Waals surface area (Å²) in [6.07, 6.45) is 6.15. The molecule has 0 amide bonds. The Kier molecular flexibility index (Phi) is 6.50. The van der Waals surface area contributed by atoms with Gasteiger partial charge in [0, 0.05) is 0 Å². The van der Waals surface area contributed by atoms with Gasteiger partial charge in [0.15, 0.2) is 0 Å². The Balaban J connectivity index is 2.05. The van der Waals surface area contributed by atoms with Gasteiger partial charge in [-0.1, -0.05) is 44.4 Å². The summed E-state index contributed by atoms with van der Waals surface area (Å²) in [5.41, 5.74) is 1.08. The van der Waals surface area contributed by atoms with Crippen LogP contribution in [-0.2, 0) is 6.42 Å². The van der Waals surface area contributed by atoms with Gasteiger partial charge in [-0.25, -0.2) is 4.39 Å². The SMILES string of the molecule is CCNCC1CCC(CC)CC1Cc1ccc(Cl)c(F)c1. The predicted molar refractivity (Wildman–Crippen MR) is 88.3 cm³/mol. The molecular weight excluding hydrogens is 285 g/mol. The molecule has 3 atom stereocenters. The molecule has 118 valence electrons. The molecule has 3 unspecified atom stereocenters. The van der Waals surface area contributed by atoms with Crippen molar-refractivity contribution < 1.29 is 4.39 Å². The van der Waals surface area contributed by atoms with Gasteiger partial charge in [-0.05, 0) is 67.8 Å². The summed E-state index contributed by atoms with van der Waals surface area (Å²) in [6, 6.07) is 5.28. The molecule has 1 N–H and O–H groups in total. The Hall–Kier alpha value is -0.600. The maximum atomic E-state index is 13.6. The highest BCUT2D eigenvalue weighted by Gasteiger charge is 2.29. The van der Waals surface area contributed by atoms with Gasteiger partial charge in [-0.15, -0.1) is 0 Å². The van der Waals surface area contributed by atoms with Gasteiger partial charge in [0.1, 0.15) is 5.82 Å². The second-order valence-corrected chi connectivity index (χ2v) is 6.77. The normalized spacial score (nSPS) is 26.0. The van der Waals surface area contributed by atoms with Crippen LogP contribution in [0.15, 0.2) is 18.2 Å². The van der Waals surface area contributed by atoms with E-state index in [4.69, 9.17) is 11.6 Å². The number of rotatable bonds is 6. The first-order valence-electron chi connectivity index (χ1n) is 8.28. The summed E-state index contributed by atoms with van der Waals surface area (Å²) in [7, 11) is 0. The lowest BCUT2D eigenvalue weighted by Gasteiger charge is -2.36. The Morgan fingerprint density at radius 1 is 1.24 bits per heavy atom. The molecule has 0 bridgehead atoms. The van der Waals surface area contributed by atoms with E-state index in [0.717, 1.165) is 31.0 Å². The molecule has 1 aliphatic rings. The zero-order valence-corrected chi connectivity index (χ0v) is 13.9. The van der Waals surface area contributed by atoms with E-state index in [1.54, 1.807) is 12.1 Å². The van der Waals surface area contributed by atoms with E-state index < -0.39 is 0 Å². The van der Waals surface area contributed by atoms with Crippen molar-refractivity contribution in [1.82, 2.24) is 5.32 Å². The topological polar surface area (TPSA) is 12.0 Å². The second kappa shape index (κ2) is 8.14. The zero-order valence-electron chi connectivity index (χ0n) is 13.2. The Morgan fingerprint density at radius 3 is 2.71 bits per heavy atom. The lowest BCUT2D eigenvalue weighted by molar-refractivity contribution is 0.172. The molecule has 0 aromatic heterocycles. The first kappa shape index (κ1) is 16.8. The van der Waals surface area contributed by atoms with E-state index in [0.29, 0.717) is 11.8 Å². The second-order valence-electron chi connectivity index (χ2n) is 6.37. The van der Waals surface area contributed by atoms with Crippen molar-refractivity contribution in [2.75, 3.05) is 13.1 Å². The maximum absolute atomic E-state index is 13.6. The summed E-state index contributed by atoms with van der Waals surface area (Å²) >= 11 is 5.78. The largest absolute Gasteiger partial charge is 0.317 e. The number of benzene rings is 1. The Bertz CT molecular complexity index is 449. The molecule has 0 spiro atoms. The molecule has 1 saturated carbocycles. The molecule has 21 heavy (non-hydrogen) atoms. The smallest absolute Gasteiger partial charge is 0.142 e. The van der Waals surface area contributed by atoms with Gasteiger partial charge in [-0.2, -0.15) is 0 Å². The average Bonchev–Trinajstić information content (AvgIpc) is 2.49. The first-order chi connectivity index (χ1) is 10.1. The highest BCUT2D eigenvalue weighted by atomic mass is 35.5. The monoisotopic (exact) mass is 311 g/mol. The molecule has 1 aromatic rings. The molecular formula is C18H27ClFN. The van der Waals surface area contributed by atoms with E-state index in [2.05, 4.69) is 19.2 Å². The first-order valence-corrected chi connectivity index (χ1v) is 8.66. The summed E-state index contributed by atoms with van der Waals surface area (Å²) in [5, 5.41) is 3.71. The predicted octanol–water partition coefficient (Wildman–Crippen LogP) is 5.07. The van der Waals surface area contributed by atoms with Gasteiger partial charge >= 0.3 is 0 Å². The summed E-state index contributed by atoms with van der Waals surface area (Å²) in [6.45, 7) is 6.55. The molecule has 2 rings (SSSR count). The van der Waals surface area contributed by atoms with Gasteiger partial charge in [0.2, 0.25) is 0 Å². The van der Waals surface area contributed by atoms with Gasteiger partial charge < -0.3 is 5.32 Å². The van der Waals surface area contributed by atoms with Gasteiger partial charge in [0.05, 0.1) is 5.02 Å². The van der Waals surface area contributed by atoms with Crippen LogP contribution in [0, 0.1) is 23.6 Å². The molecule has 3 heteroatoms. The van der Waals surface area contributed by atoms with Crippen molar-refractivity contribution in [2.45, 2.75) is 46.0 Å². The summed E-state index contributed by atoms with van der Waals surface area (Å²) in [4.78, 5) is 0. The number of halogens is 2. The number of hydrogen-bond acceptors (Lipinski definition) is 1. The van der Waals surface area contributed by atoms with Crippen LogP contribution in [-0.4, -0.2) is 13.1 Å². The van der Waals surface area contributed by atoms with Crippen molar-refractivity contribution >= 4 is 11.6 Å². The number of hydrogen-bond donors (Lipinski definition) is 1. The van der Waals surface area contributed by atoms with Crippen molar-refractivity contribution in [1.29, 1.82) is 0 Å². The lowest BCUT2D eigenvalue weighted by Crippen LogP contribution is -2.34. The fraction of sp³-hybridized carbons (Fsp3) is 0.667. The molecule has 0 saturated heterocycles. The molecule has 0 radical (unpaired) electrons. The van der Waals surface area contributed by atoms with Crippen LogP contribution >= 0.6 is 11.6 Å². The van der Waals surface area contributed by atoms with Crippen LogP contribution in [0.4, 0.5) is 4.39 Å². The molecule has 0 heterocycles. The Labute approximate surface area is 133 Å². The minimum absolute atomic E-state index is 0.220. The third-order valence-corrected chi connectivity index (χ3v) is 5.27. The Morgan fingerprint density at radius 2 is 2.05 bits per heavy atom. The van der Waals surface area contributed by atoms with Crippen molar-refractivity contribution in [3.63, 3.8) is 0 Å². The van der Waals surface area contributed by atoms with E-state index in [-0.39, 0.29) is 10.8 Å². The summed E-state index contributed by atoms with van der Waals surface area (Å²) in [5.74, 6) is 1.92. The molecule has 1 aromatic carbocycles. The fourth-order valence-corrected chi connectivity index (χ4v) is 3.73. The third-order valence-electron chi connectivity index (χ3n) is 4.96. The van der Waals surface area contributed by atoms with Crippen LogP contribution < -0.4 is 5.32 Å². The highest BCUT2D eigenvalue weighted by Crippen LogP contribution is 2.37. The van der Waals surface area contributed by atoms with Crippen molar-refractivity contribution in [3.05, 3.63) is 34.6 Å². The molecule has 1 nitrogen and oxygen atoms in total. The minimum Gasteiger partial charge on any atom is -0.317 e. The van der Waals surface area contributed by atoms with E-state index in [9.17, 15) is 4.39 Å². The van der Waals surface area contributed by atoms with Crippen LogP contribution in [0.25, 0.3) is 0 Å². The maximum Gasteiger partial charge on any atom is 0.142 e. The third kappa shape index (κ3) is 4.69. The minimum atomic E-state index is -0.291. The van der Waals surface area contributed by atoms with Crippen LogP contribution in [0.3, 0.4) is 0 Å². The highest BCUT2D eigenvalue weighted by molar-refractivity contribution is 6.30. The molecule has 1 fully saturated rings. The van der Waals surface area contributed by atoms with E-state index >= 15 is 0 Å². The van der Waals surface area contributed by atoms with Crippen LogP contribution in [0.1, 0.15) is 45.1 Å². The van der Waals surface area contributed by atoms with Crippen LogP contribution in [0.2, 0.25) is 5.02 Å². The average molecular weight is 312 g/mol. The quantitative estimate of drug-likeness (QED) is 0.773. The lowest BCUT2D eigenvalue weighted by atomic mass is 9.71. The van der Waals surface area contributed by atoms with Crippen LogP contribution in [0.5, 0.6) is 0 Å². The zero-order chi connectivity index (χ0) is 15.2. The van der Waals surface area contributed by atoms with Gasteiger partial charge in [-0.3, -0.25) is 0 Å². The van der Waals surface area contributed by atoms with Crippen molar-refractivity contribution in [3.8, 4) is 0 Å².